The Kier molecular flexibility index (Phi) is 4.77. The van der Waals surface area contributed by atoms with Crippen molar-refractivity contribution in [2.24, 2.45) is 11.7 Å². The Hall–Kier alpha value is -1.42. The molecule has 120 valence electrons. The third-order valence-electron chi connectivity index (χ3n) is 4.72. The van der Waals surface area contributed by atoms with E-state index in [4.69, 9.17) is 22.1 Å². The maximum absolute atomic E-state index is 11.3. The van der Waals surface area contributed by atoms with Crippen LogP contribution in [0.4, 0.5) is 5.69 Å². The lowest BCUT2D eigenvalue weighted by Crippen LogP contribution is -2.27. The highest BCUT2D eigenvalue weighted by Gasteiger charge is 2.27. The molecule has 1 aromatic rings. The Morgan fingerprint density at radius 3 is 2.68 bits per heavy atom. The average molecular weight is 323 g/mol. The Bertz CT molecular complexity index is 543. The Morgan fingerprint density at radius 2 is 2.00 bits per heavy atom. The molecule has 2 fully saturated rings. The van der Waals surface area contributed by atoms with Gasteiger partial charge in [-0.2, -0.15) is 0 Å². The van der Waals surface area contributed by atoms with E-state index in [1.165, 1.54) is 19.3 Å². The Balaban J connectivity index is 1.71. The van der Waals surface area contributed by atoms with Gasteiger partial charge in [-0.1, -0.05) is 18.0 Å². The molecule has 2 N–H and O–H groups in total. The van der Waals surface area contributed by atoms with Crippen molar-refractivity contribution in [3.63, 3.8) is 0 Å². The quantitative estimate of drug-likeness (QED) is 0.924. The van der Waals surface area contributed by atoms with Crippen molar-refractivity contribution in [1.82, 2.24) is 0 Å². The van der Waals surface area contributed by atoms with Gasteiger partial charge in [-0.15, -0.1) is 0 Å². The summed E-state index contributed by atoms with van der Waals surface area (Å²) in [5.41, 5.74) is 6.46. The van der Waals surface area contributed by atoms with Crippen LogP contribution in [-0.4, -0.2) is 25.1 Å². The molecular weight excluding hydrogens is 300 g/mol. The van der Waals surface area contributed by atoms with Gasteiger partial charge in [-0.3, -0.25) is 4.79 Å². The van der Waals surface area contributed by atoms with Gasteiger partial charge in [0.05, 0.1) is 17.0 Å². The van der Waals surface area contributed by atoms with Crippen LogP contribution in [-0.2, 0) is 4.79 Å². The van der Waals surface area contributed by atoms with Gasteiger partial charge in [0.15, 0.2) is 0 Å². The van der Waals surface area contributed by atoms with E-state index in [0.717, 1.165) is 37.2 Å². The van der Waals surface area contributed by atoms with Gasteiger partial charge in [-0.25, -0.2) is 0 Å². The van der Waals surface area contributed by atoms with E-state index in [-0.39, 0.29) is 17.9 Å². The van der Waals surface area contributed by atoms with Gasteiger partial charge in [-0.05, 0) is 44.2 Å². The number of primary amides is 1. The number of amides is 1. The minimum absolute atomic E-state index is 0.0570. The predicted octanol–water partition coefficient (Wildman–Crippen LogP) is 3.36. The SMILES string of the molecule is NC(=O)C1CCN(c2ccc(Cl)c(OC3CCCCC3)c2)C1. The molecule has 1 atom stereocenters. The summed E-state index contributed by atoms with van der Waals surface area (Å²) in [6.07, 6.45) is 7.07. The fourth-order valence-corrected chi connectivity index (χ4v) is 3.53. The molecule has 1 amide bonds. The maximum Gasteiger partial charge on any atom is 0.222 e. The standard InChI is InChI=1S/C17H23ClN2O2/c18-15-7-6-13(20-9-8-12(11-20)17(19)21)10-16(15)22-14-4-2-1-3-5-14/h6-7,10,12,14H,1-5,8-9,11H2,(H2,19,21). The van der Waals surface area contributed by atoms with Crippen molar-refractivity contribution < 1.29 is 9.53 Å². The number of ether oxygens (including phenoxy) is 1. The van der Waals surface area contributed by atoms with Crippen molar-refractivity contribution in [2.45, 2.75) is 44.6 Å². The molecule has 2 aliphatic rings. The van der Waals surface area contributed by atoms with E-state index < -0.39 is 0 Å². The molecule has 0 aromatic heterocycles. The molecule has 1 aliphatic heterocycles. The summed E-state index contributed by atoms with van der Waals surface area (Å²) < 4.78 is 6.11. The number of carbonyl (C=O) groups excluding carboxylic acids is 1. The highest BCUT2D eigenvalue weighted by atomic mass is 35.5. The first-order valence-corrected chi connectivity index (χ1v) is 8.52. The molecule has 3 rings (SSSR count). The zero-order valence-corrected chi connectivity index (χ0v) is 13.5. The molecule has 1 saturated carbocycles. The van der Waals surface area contributed by atoms with Crippen LogP contribution in [0, 0.1) is 5.92 Å². The normalized spacial score (nSPS) is 22.8. The summed E-state index contributed by atoms with van der Waals surface area (Å²) in [4.78, 5) is 13.5. The summed E-state index contributed by atoms with van der Waals surface area (Å²) >= 11 is 6.28. The highest BCUT2D eigenvalue weighted by Crippen LogP contribution is 2.34. The first-order valence-electron chi connectivity index (χ1n) is 8.14. The summed E-state index contributed by atoms with van der Waals surface area (Å²) in [6, 6.07) is 5.87. The number of hydrogen-bond donors (Lipinski definition) is 1. The van der Waals surface area contributed by atoms with Gasteiger partial charge in [0.1, 0.15) is 5.75 Å². The monoisotopic (exact) mass is 322 g/mol. The van der Waals surface area contributed by atoms with E-state index in [1.807, 2.05) is 18.2 Å². The topological polar surface area (TPSA) is 55.6 Å². The van der Waals surface area contributed by atoms with Crippen molar-refractivity contribution in [2.75, 3.05) is 18.0 Å². The molecule has 22 heavy (non-hydrogen) atoms. The summed E-state index contributed by atoms with van der Waals surface area (Å²) in [5.74, 6) is 0.488. The average Bonchev–Trinajstić information content (AvgIpc) is 3.01. The number of hydrogen-bond acceptors (Lipinski definition) is 3. The number of rotatable bonds is 4. The number of benzene rings is 1. The largest absolute Gasteiger partial charge is 0.489 e. The van der Waals surface area contributed by atoms with E-state index in [1.54, 1.807) is 0 Å². The maximum atomic E-state index is 11.3. The van der Waals surface area contributed by atoms with Gasteiger partial charge in [0, 0.05) is 24.8 Å². The van der Waals surface area contributed by atoms with Crippen molar-refractivity contribution in [1.29, 1.82) is 0 Å². The van der Waals surface area contributed by atoms with Crippen molar-refractivity contribution >= 4 is 23.2 Å². The Morgan fingerprint density at radius 1 is 1.23 bits per heavy atom. The lowest BCUT2D eigenvalue weighted by Gasteiger charge is -2.25. The number of halogens is 1. The van der Waals surface area contributed by atoms with E-state index in [9.17, 15) is 4.79 Å². The van der Waals surface area contributed by atoms with Gasteiger partial charge >= 0.3 is 0 Å². The van der Waals surface area contributed by atoms with Crippen molar-refractivity contribution in [3.8, 4) is 5.75 Å². The number of anilines is 1. The van der Waals surface area contributed by atoms with Crippen LogP contribution < -0.4 is 15.4 Å². The first kappa shape index (κ1) is 15.5. The molecule has 0 radical (unpaired) electrons. The number of nitrogens with two attached hydrogens (primary N) is 1. The van der Waals surface area contributed by atoms with E-state index in [0.29, 0.717) is 11.6 Å². The second-order valence-corrected chi connectivity index (χ2v) is 6.73. The summed E-state index contributed by atoms with van der Waals surface area (Å²) in [6.45, 7) is 1.53. The molecule has 1 heterocycles. The van der Waals surface area contributed by atoms with Gasteiger partial charge in [0.25, 0.3) is 0 Å². The first-order chi connectivity index (χ1) is 10.6. The third-order valence-corrected chi connectivity index (χ3v) is 5.03. The smallest absolute Gasteiger partial charge is 0.222 e. The second kappa shape index (κ2) is 6.78. The van der Waals surface area contributed by atoms with Crippen LogP contribution >= 0.6 is 11.6 Å². The molecule has 0 bridgehead atoms. The van der Waals surface area contributed by atoms with Crippen LogP contribution in [0.3, 0.4) is 0 Å². The molecule has 5 heteroatoms. The lowest BCUT2D eigenvalue weighted by molar-refractivity contribution is -0.121. The molecular formula is C17H23ClN2O2. The zero-order valence-electron chi connectivity index (χ0n) is 12.8. The lowest BCUT2D eigenvalue weighted by atomic mass is 9.98. The summed E-state index contributed by atoms with van der Waals surface area (Å²) in [5, 5.41) is 0.653. The van der Waals surface area contributed by atoms with Crippen LogP contribution in [0.1, 0.15) is 38.5 Å². The molecule has 0 spiro atoms. The molecule has 4 nitrogen and oxygen atoms in total. The minimum Gasteiger partial charge on any atom is -0.489 e. The van der Waals surface area contributed by atoms with Gasteiger partial charge < -0.3 is 15.4 Å². The van der Waals surface area contributed by atoms with Gasteiger partial charge in [0.2, 0.25) is 5.91 Å². The highest BCUT2D eigenvalue weighted by molar-refractivity contribution is 6.32. The Labute approximate surface area is 136 Å². The number of carbonyl (C=O) groups is 1. The second-order valence-electron chi connectivity index (χ2n) is 6.33. The van der Waals surface area contributed by atoms with Crippen molar-refractivity contribution in [3.05, 3.63) is 23.2 Å². The molecule has 1 aliphatic carbocycles. The minimum atomic E-state index is -0.213. The van der Waals surface area contributed by atoms with E-state index >= 15 is 0 Å². The van der Waals surface area contributed by atoms with E-state index in [2.05, 4.69) is 4.90 Å². The molecule has 1 aromatic carbocycles. The van der Waals surface area contributed by atoms with Crippen LogP contribution in [0.15, 0.2) is 18.2 Å². The van der Waals surface area contributed by atoms with Crippen LogP contribution in [0.2, 0.25) is 5.02 Å². The zero-order chi connectivity index (χ0) is 15.5. The van der Waals surface area contributed by atoms with Crippen LogP contribution in [0.25, 0.3) is 0 Å². The van der Waals surface area contributed by atoms with Crippen LogP contribution in [0.5, 0.6) is 5.75 Å². The molecule has 1 unspecified atom stereocenters. The third kappa shape index (κ3) is 3.49. The molecule has 1 saturated heterocycles. The fraction of sp³-hybridized carbons (Fsp3) is 0.588. The fourth-order valence-electron chi connectivity index (χ4n) is 3.37. The number of nitrogens with zero attached hydrogens (tertiary/aromatic N) is 1. The summed E-state index contributed by atoms with van der Waals surface area (Å²) in [7, 11) is 0. The predicted molar refractivity (Wildman–Crippen MR) is 88.5 cm³/mol.